The highest BCUT2D eigenvalue weighted by molar-refractivity contribution is 9.10. The maximum Gasteiger partial charge on any atom is 0.258 e. The van der Waals surface area contributed by atoms with Crippen LogP contribution in [0.2, 0.25) is 0 Å². The fourth-order valence-corrected chi connectivity index (χ4v) is 2.51. The summed E-state index contributed by atoms with van der Waals surface area (Å²) in [5.74, 6) is 0.568. The van der Waals surface area contributed by atoms with Gasteiger partial charge in [0.05, 0.1) is 6.04 Å². The van der Waals surface area contributed by atoms with Gasteiger partial charge in [-0.15, -0.1) is 0 Å². The lowest BCUT2D eigenvalue weighted by atomic mass is 10.1. The molecule has 0 unspecified atom stereocenters. The smallest absolute Gasteiger partial charge is 0.258 e. The molecule has 0 aliphatic heterocycles. The Morgan fingerprint density at radius 1 is 1.22 bits per heavy atom. The molecular formula is C19H22BrNO2. The zero-order valence-electron chi connectivity index (χ0n) is 13.7. The normalized spacial score (nSPS) is 11.8. The summed E-state index contributed by atoms with van der Waals surface area (Å²) in [7, 11) is 0. The predicted octanol–water partition coefficient (Wildman–Crippen LogP) is 4.58. The molecule has 1 amide bonds. The number of aryl methyl sites for hydroxylation is 2. The molecule has 1 atom stereocenters. The second-order valence-corrected chi connectivity index (χ2v) is 6.44. The molecular weight excluding hydrogens is 354 g/mol. The van der Waals surface area contributed by atoms with Gasteiger partial charge in [-0.05, 0) is 55.2 Å². The third kappa shape index (κ3) is 5.10. The van der Waals surface area contributed by atoms with Crippen molar-refractivity contribution >= 4 is 21.8 Å². The predicted molar refractivity (Wildman–Crippen MR) is 96.8 cm³/mol. The van der Waals surface area contributed by atoms with E-state index < -0.39 is 0 Å². The number of halogens is 1. The van der Waals surface area contributed by atoms with Gasteiger partial charge in [-0.25, -0.2) is 0 Å². The summed E-state index contributed by atoms with van der Waals surface area (Å²) in [6.45, 7) is 6.10. The second-order valence-electron chi connectivity index (χ2n) is 5.58. The van der Waals surface area contributed by atoms with E-state index in [2.05, 4.69) is 52.4 Å². The van der Waals surface area contributed by atoms with Gasteiger partial charge in [0.25, 0.3) is 5.91 Å². The highest BCUT2D eigenvalue weighted by atomic mass is 79.9. The molecule has 0 heterocycles. The lowest BCUT2D eigenvalue weighted by Gasteiger charge is -2.15. The van der Waals surface area contributed by atoms with Crippen molar-refractivity contribution in [3.05, 3.63) is 63.6 Å². The number of carbonyl (C=O) groups excluding carboxylic acids is 1. The van der Waals surface area contributed by atoms with Crippen LogP contribution in [0.15, 0.2) is 46.9 Å². The number of hydrogen-bond acceptors (Lipinski definition) is 2. The summed E-state index contributed by atoms with van der Waals surface area (Å²) < 4.78 is 6.57. The number of ether oxygens (including phenoxy) is 1. The van der Waals surface area contributed by atoms with Crippen LogP contribution < -0.4 is 10.1 Å². The molecule has 1 N–H and O–H groups in total. The third-order valence-corrected chi connectivity index (χ3v) is 4.65. The first-order valence-electron chi connectivity index (χ1n) is 7.76. The molecule has 0 saturated heterocycles. The zero-order valence-corrected chi connectivity index (χ0v) is 15.3. The minimum atomic E-state index is -0.127. The van der Waals surface area contributed by atoms with E-state index >= 15 is 0 Å². The van der Waals surface area contributed by atoms with Crippen LogP contribution in [0.4, 0.5) is 0 Å². The number of amides is 1. The SMILES string of the molecule is CCc1ccc([C@@H](C)NC(=O)COc2ccc(Br)c(C)c2)cc1. The van der Waals surface area contributed by atoms with E-state index in [0.29, 0.717) is 5.75 Å². The molecule has 0 spiro atoms. The topological polar surface area (TPSA) is 38.3 Å². The Labute approximate surface area is 146 Å². The van der Waals surface area contributed by atoms with Crippen molar-refractivity contribution in [2.45, 2.75) is 33.2 Å². The van der Waals surface area contributed by atoms with Crippen molar-refractivity contribution in [2.75, 3.05) is 6.61 Å². The van der Waals surface area contributed by atoms with Gasteiger partial charge in [0.2, 0.25) is 0 Å². The average molecular weight is 376 g/mol. The van der Waals surface area contributed by atoms with Crippen LogP contribution in [0.3, 0.4) is 0 Å². The zero-order chi connectivity index (χ0) is 16.8. The molecule has 2 rings (SSSR count). The summed E-state index contributed by atoms with van der Waals surface area (Å²) in [5, 5.41) is 2.96. The van der Waals surface area contributed by atoms with Gasteiger partial charge in [-0.1, -0.05) is 47.1 Å². The largest absolute Gasteiger partial charge is 0.484 e. The minimum absolute atomic E-state index is 0.0124. The summed E-state index contributed by atoms with van der Waals surface area (Å²) in [4.78, 5) is 12.0. The summed E-state index contributed by atoms with van der Waals surface area (Å²) in [5.41, 5.74) is 3.46. The van der Waals surface area contributed by atoms with Crippen LogP contribution in [-0.4, -0.2) is 12.5 Å². The van der Waals surface area contributed by atoms with Crippen LogP contribution in [0.25, 0.3) is 0 Å². The number of hydrogen-bond donors (Lipinski definition) is 1. The fraction of sp³-hybridized carbons (Fsp3) is 0.316. The van der Waals surface area contributed by atoms with E-state index in [-0.39, 0.29) is 18.6 Å². The van der Waals surface area contributed by atoms with Gasteiger partial charge in [-0.3, -0.25) is 4.79 Å². The highest BCUT2D eigenvalue weighted by Gasteiger charge is 2.10. The molecule has 0 bridgehead atoms. The molecule has 122 valence electrons. The molecule has 2 aromatic carbocycles. The van der Waals surface area contributed by atoms with Gasteiger partial charge < -0.3 is 10.1 Å². The Bertz CT molecular complexity index is 668. The Hall–Kier alpha value is -1.81. The van der Waals surface area contributed by atoms with E-state index in [0.717, 1.165) is 22.0 Å². The Morgan fingerprint density at radius 3 is 2.52 bits per heavy atom. The average Bonchev–Trinajstić information content (AvgIpc) is 2.56. The maximum atomic E-state index is 12.0. The van der Waals surface area contributed by atoms with Gasteiger partial charge in [0.1, 0.15) is 5.75 Å². The second kappa shape index (κ2) is 8.16. The van der Waals surface area contributed by atoms with Crippen LogP contribution in [0.1, 0.15) is 36.6 Å². The van der Waals surface area contributed by atoms with E-state index in [4.69, 9.17) is 4.74 Å². The molecule has 0 aromatic heterocycles. The van der Waals surface area contributed by atoms with Gasteiger partial charge in [0, 0.05) is 4.47 Å². The Kier molecular flexibility index (Phi) is 6.22. The van der Waals surface area contributed by atoms with Crippen LogP contribution >= 0.6 is 15.9 Å². The van der Waals surface area contributed by atoms with Gasteiger partial charge in [-0.2, -0.15) is 0 Å². The fourth-order valence-electron chi connectivity index (χ4n) is 2.26. The number of nitrogens with one attached hydrogen (secondary N) is 1. The van der Waals surface area contributed by atoms with Gasteiger partial charge in [0.15, 0.2) is 6.61 Å². The molecule has 0 radical (unpaired) electrons. The van der Waals surface area contributed by atoms with E-state index in [1.165, 1.54) is 5.56 Å². The monoisotopic (exact) mass is 375 g/mol. The number of benzene rings is 2. The van der Waals surface area contributed by atoms with Crippen molar-refractivity contribution in [2.24, 2.45) is 0 Å². The number of rotatable bonds is 6. The number of carbonyl (C=O) groups is 1. The quantitative estimate of drug-likeness (QED) is 0.802. The van der Waals surface area contributed by atoms with E-state index in [9.17, 15) is 4.79 Å². The molecule has 4 heteroatoms. The highest BCUT2D eigenvalue weighted by Crippen LogP contribution is 2.21. The van der Waals surface area contributed by atoms with Crippen molar-refractivity contribution in [1.29, 1.82) is 0 Å². The van der Waals surface area contributed by atoms with Crippen LogP contribution in [0, 0.1) is 6.92 Å². The molecule has 0 saturated carbocycles. The van der Waals surface area contributed by atoms with Crippen LogP contribution in [-0.2, 0) is 11.2 Å². The maximum absolute atomic E-state index is 12.0. The molecule has 2 aromatic rings. The van der Waals surface area contributed by atoms with Crippen molar-refractivity contribution in [3.8, 4) is 5.75 Å². The van der Waals surface area contributed by atoms with Crippen molar-refractivity contribution in [3.63, 3.8) is 0 Å². The molecule has 0 aliphatic carbocycles. The standard InChI is InChI=1S/C19H22BrNO2/c1-4-15-5-7-16(8-6-15)14(3)21-19(22)12-23-17-9-10-18(20)13(2)11-17/h5-11,14H,4,12H2,1-3H3,(H,21,22)/t14-/m1/s1. The van der Waals surface area contributed by atoms with Gasteiger partial charge >= 0.3 is 0 Å². The van der Waals surface area contributed by atoms with Crippen molar-refractivity contribution < 1.29 is 9.53 Å². The summed E-state index contributed by atoms with van der Waals surface area (Å²) in [6, 6.07) is 13.9. The first-order chi connectivity index (χ1) is 11.0. The van der Waals surface area contributed by atoms with Crippen LogP contribution in [0.5, 0.6) is 5.75 Å². The third-order valence-electron chi connectivity index (χ3n) is 3.76. The van der Waals surface area contributed by atoms with Crippen molar-refractivity contribution in [1.82, 2.24) is 5.32 Å². The minimum Gasteiger partial charge on any atom is -0.484 e. The lowest BCUT2D eigenvalue weighted by Crippen LogP contribution is -2.31. The lowest BCUT2D eigenvalue weighted by molar-refractivity contribution is -0.123. The Morgan fingerprint density at radius 2 is 1.91 bits per heavy atom. The summed E-state index contributed by atoms with van der Waals surface area (Å²) in [6.07, 6.45) is 1.02. The van der Waals surface area contributed by atoms with E-state index in [1.54, 1.807) is 0 Å². The molecule has 3 nitrogen and oxygen atoms in total. The van der Waals surface area contributed by atoms with E-state index in [1.807, 2.05) is 32.0 Å². The molecule has 0 fully saturated rings. The first kappa shape index (κ1) is 17.5. The molecule has 23 heavy (non-hydrogen) atoms. The molecule has 0 aliphatic rings. The first-order valence-corrected chi connectivity index (χ1v) is 8.56. The Balaban J connectivity index is 1.86. The summed E-state index contributed by atoms with van der Waals surface area (Å²) >= 11 is 3.44.